The lowest BCUT2D eigenvalue weighted by molar-refractivity contribution is -0.0437. The van der Waals surface area contributed by atoms with Crippen LogP contribution in [0.1, 0.15) is 12.8 Å². The van der Waals surface area contributed by atoms with Crippen LogP contribution in [-0.2, 0) is 19.9 Å². The Kier molecular flexibility index (Phi) is 4.29. The fraction of sp³-hybridized carbons (Fsp3) is 0.500. The van der Waals surface area contributed by atoms with E-state index >= 15 is 0 Å². The molecule has 6 nitrogen and oxygen atoms in total. The summed E-state index contributed by atoms with van der Waals surface area (Å²) in [7, 11) is -9.26. The molecule has 0 amide bonds. The first-order valence-corrected chi connectivity index (χ1v) is 9.33. The van der Waals surface area contributed by atoms with Crippen molar-refractivity contribution in [1.29, 1.82) is 0 Å². The van der Waals surface area contributed by atoms with Crippen molar-refractivity contribution in [3.63, 3.8) is 0 Å². The molecule has 0 spiro atoms. The molecule has 1 aromatic rings. The van der Waals surface area contributed by atoms with Gasteiger partial charge in [-0.3, -0.25) is 0 Å². The number of sulfone groups is 1. The van der Waals surface area contributed by atoms with Gasteiger partial charge in [-0.25, -0.2) is 16.8 Å². The van der Waals surface area contributed by atoms with Crippen LogP contribution in [0, 0.1) is 0 Å². The molecule has 0 atom stereocenters. The second kappa shape index (κ2) is 5.43. The van der Waals surface area contributed by atoms with Gasteiger partial charge >= 0.3 is 5.51 Å². The number of likely N-dealkylation sites (N-methyl/N-ethyl adjacent to an activating group) is 1. The maximum absolute atomic E-state index is 12.7. The molecule has 23 heavy (non-hydrogen) atoms. The predicted molar refractivity (Wildman–Crippen MR) is 73.7 cm³/mol. The van der Waals surface area contributed by atoms with Gasteiger partial charge in [-0.2, -0.15) is 17.5 Å². The molecule has 0 heterocycles. The molecule has 1 fully saturated rings. The maximum Gasteiger partial charge on any atom is 0.501 e. The highest BCUT2D eigenvalue weighted by Crippen LogP contribution is 2.38. The molecule has 0 bridgehead atoms. The second-order valence-corrected chi connectivity index (χ2v) is 9.30. The number of alkyl halides is 3. The molecule has 2 rings (SSSR count). The molecular weight excluding hydrogens is 359 g/mol. The zero-order valence-corrected chi connectivity index (χ0v) is 13.5. The van der Waals surface area contributed by atoms with E-state index in [0.29, 0.717) is 23.2 Å². The third-order valence-corrected chi connectivity index (χ3v) is 7.01. The van der Waals surface area contributed by atoms with Gasteiger partial charge in [0.15, 0.2) is 0 Å². The van der Waals surface area contributed by atoms with Crippen molar-refractivity contribution in [1.82, 2.24) is 4.31 Å². The van der Waals surface area contributed by atoms with E-state index in [9.17, 15) is 35.1 Å². The van der Waals surface area contributed by atoms with Crippen LogP contribution in [0.4, 0.5) is 13.2 Å². The molecule has 0 aromatic heterocycles. The Morgan fingerprint density at radius 3 is 2.04 bits per heavy atom. The van der Waals surface area contributed by atoms with Crippen molar-refractivity contribution in [2.75, 3.05) is 13.6 Å². The summed E-state index contributed by atoms with van der Waals surface area (Å²) >= 11 is 0. The van der Waals surface area contributed by atoms with E-state index < -0.39 is 40.8 Å². The second-order valence-electron chi connectivity index (χ2n) is 5.38. The smallest absolute Gasteiger partial charge is 0.389 e. The minimum atomic E-state index is -5.82. The van der Waals surface area contributed by atoms with Gasteiger partial charge in [0.2, 0.25) is 10.0 Å². The number of hydrogen-bond donors (Lipinski definition) is 1. The van der Waals surface area contributed by atoms with E-state index in [1.54, 1.807) is 0 Å². The summed E-state index contributed by atoms with van der Waals surface area (Å²) in [5.41, 5.74) is -6.83. The van der Waals surface area contributed by atoms with Gasteiger partial charge in [0, 0.05) is 13.6 Å². The van der Waals surface area contributed by atoms with Gasteiger partial charge in [-0.05, 0) is 25.0 Å². The van der Waals surface area contributed by atoms with Crippen LogP contribution in [0.15, 0.2) is 34.1 Å². The molecule has 0 saturated heterocycles. The Balaban J connectivity index is 2.52. The van der Waals surface area contributed by atoms with Crippen LogP contribution < -0.4 is 0 Å². The molecule has 1 aliphatic rings. The fourth-order valence-electron chi connectivity index (χ4n) is 1.98. The molecule has 1 aliphatic carbocycles. The summed E-state index contributed by atoms with van der Waals surface area (Å²) in [5.74, 6) is 0. The normalized spacial score (nSPS) is 18.2. The van der Waals surface area contributed by atoms with Gasteiger partial charge in [-0.1, -0.05) is 12.1 Å². The minimum Gasteiger partial charge on any atom is -0.389 e. The van der Waals surface area contributed by atoms with Crippen LogP contribution in [-0.4, -0.2) is 50.9 Å². The Labute approximate surface area is 131 Å². The van der Waals surface area contributed by atoms with Gasteiger partial charge in [0.05, 0.1) is 10.5 Å². The van der Waals surface area contributed by atoms with Crippen LogP contribution in [0.25, 0.3) is 0 Å². The largest absolute Gasteiger partial charge is 0.501 e. The standard InChI is InChI=1S/C12H14F3NO5S2/c1-16(8-11(17)6-7-11)23(20,21)10-5-3-2-4-9(10)22(18,19)12(13,14)15/h2-5,17H,6-8H2,1H3. The van der Waals surface area contributed by atoms with Crippen molar-refractivity contribution in [2.45, 2.75) is 33.7 Å². The molecule has 0 aliphatic heterocycles. The predicted octanol–water partition coefficient (Wildman–Crippen LogP) is 1.13. The fourth-order valence-corrected chi connectivity index (χ4v) is 4.78. The number of hydrogen-bond acceptors (Lipinski definition) is 5. The summed E-state index contributed by atoms with van der Waals surface area (Å²) in [6.07, 6.45) is 0.741. The average Bonchev–Trinajstić information content (AvgIpc) is 3.14. The highest BCUT2D eigenvalue weighted by atomic mass is 32.2. The zero-order valence-electron chi connectivity index (χ0n) is 11.9. The number of nitrogens with zero attached hydrogens (tertiary/aromatic N) is 1. The lowest BCUT2D eigenvalue weighted by Crippen LogP contribution is -2.36. The van der Waals surface area contributed by atoms with E-state index in [2.05, 4.69) is 0 Å². The van der Waals surface area contributed by atoms with Crippen LogP contribution in [0.3, 0.4) is 0 Å². The van der Waals surface area contributed by atoms with E-state index in [1.165, 1.54) is 0 Å². The van der Waals surface area contributed by atoms with Crippen LogP contribution in [0.5, 0.6) is 0 Å². The van der Waals surface area contributed by atoms with Crippen molar-refractivity contribution in [2.24, 2.45) is 0 Å². The van der Waals surface area contributed by atoms with Gasteiger partial charge < -0.3 is 5.11 Å². The molecule has 11 heteroatoms. The molecule has 0 radical (unpaired) electrons. The summed E-state index contributed by atoms with van der Waals surface area (Å²) in [6, 6.07) is 3.52. The quantitative estimate of drug-likeness (QED) is 0.835. The first-order valence-electron chi connectivity index (χ1n) is 6.40. The molecule has 0 unspecified atom stereocenters. The Morgan fingerprint density at radius 2 is 1.61 bits per heavy atom. The highest BCUT2D eigenvalue weighted by Gasteiger charge is 2.50. The SMILES string of the molecule is CN(CC1(O)CC1)S(=O)(=O)c1ccccc1S(=O)(=O)C(F)(F)F. The summed E-state index contributed by atoms with van der Waals surface area (Å²) < 4.78 is 86.9. The van der Waals surface area contributed by atoms with Gasteiger partial charge in [0.1, 0.15) is 4.90 Å². The van der Waals surface area contributed by atoms with Crippen molar-refractivity contribution >= 4 is 19.9 Å². The molecule has 1 saturated carbocycles. The Hall–Kier alpha value is -1.17. The third kappa shape index (κ3) is 3.37. The Morgan fingerprint density at radius 1 is 1.13 bits per heavy atom. The summed E-state index contributed by atoms with van der Waals surface area (Å²) in [6.45, 7) is -0.324. The number of benzene rings is 1. The van der Waals surface area contributed by atoms with E-state index in [4.69, 9.17) is 0 Å². The minimum absolute atomic E-state index is 0.324. The average molecular weight is 373 g/mol. The van der Waals surface area contributed by atoms with Gasteiger partial charge in [0.25, 0.3) is 9.84 Å². The number of aliphatic hydroxyl groups is 1. The van der Waals surface area contributed by atoms with Gasteiger partial charge in [-0.15, -0.1) is 0 Å². The van der Waals surface area contributed by atoms with Crippen LogP contribution >= 0.6 is 0 Å². The Bertz CT molecular complexity index is 813. The van der Waals surface area contributed by atoms with E-state index in [-0.39, 0.29) is 6.54 Å². The first-order chi connectivity index (χ1) is 10.3. The van der Waals surface area contributed by atoms with E-state index in [1.807, 2.05) is 0 Å². The zero-order chi connectivity index (χ0) is 17.7. The summed E-state index contributed by atoms with van der Waals surface area (Å²) in [5, 5.41) is 9.76. The van der Waals surface area contributed by atoms with Crippen molar-refractivity contribution in [3.8, 4) is 0 Å². The van der Waals surface area contributed by atoms with Crippen LogP contribution in [0.2, 0.25) is 0 Å². The lowest BCUT2D eigenvalue weighted by atomic mass is 10.3. The number of rotatable bonds is 5. The van der Waals surface area contributed by atoms with E-state index in [0.717, 1.165) is 25.2 Å². The summed E-state index contributed by atoms with van der Waals surface area (Å²) in [4.78, 5) is -2.30. The maximum atomic E-state index is 12.7. The molecule has 130 valence electrons. The molecule has 1 aromatic carbocycles. The number of halogens is 3. The van der Waals surface area contributed by atoms with Crippen molar-refractivity contribution in [3.05, 3.63) is 24.3 Å². The molecule has 1 N–H and O–H groups in total. The third-order valence-electron chi connectivity index (χ3n) is 3.48. The van der Waals surface area contributed by atoms with Crippen molar-refractivity contribution < 1.29 is 35.1 Å². The number of sulfonamides is 1. The first kappa shape index (κ1) is 18.2. The molecular formula is C12H14F3NO5S2. The lowest BCUT2D eigenvalue weighted by Gasteiger charge is -2.21. The topological polar surface area (TPSA) is 91.8 Å². The monoisotopic (exact) mass is 373 g/mol. The highest BCUT2D eigenvalue weighted by molar-refractivity contribution is 7.94.